The predicted octanol–water partition coefficient (Wildman–Crippen LogP) is 5.20. The van der Waals surface area contributed by atoms with Crippen molar-refractivity contribution in [2.45, 2.75) is 6.42 Å². The van der Waals surface area contributed by atoms with Crippen molar-refractivity contribution in [2.75, 3.05) is 37.7 Å². The Bertz CT molecular complexity index is 1460. The number of benzene rings is 3. The smallest absolute Gasteiger partial charge is 0.249 e. The van der Waals surface area contributed by atoms with E-state index in [9.17, 15) is 9.90 Å². The summed E-state index contributed by atoms with van der Waals surface area (Å²) in [5.74, 6) is -0.646. The minimum absolute atomic E-state index is 0.0299. The Kier molecular flexibility index (Phi) is 6.35. The third-order valence-electron chi connectivity index (χ3n) is 6.33. The van der Waals surface area contributed by atoms with Gasteiger partial charge in [-0.2, -0.15) is 4.37 Å². The van der Waals surface area contributed by atoms with Crippen molar-refractivity contribution >= 4 is 55.7 Å². The first-order valence-electron chi connectivity index (χ1n) is 11.2. The van der Waals surface area contributed by atoms with E-state index >= 15 is 4.39 Å². The van der Waals surface area contributed by atoms with Crippen LogP contribution in [0.2, 0.25) is 5.02 Å². The molecular formula is C26H23ClFN3O3S. The molecule has 0 saturated carbocycles. The van der Waals surface area contributed by atoms with Crippen molar-refractivity contribution in [2.24, 2.45) is 0 Å². The molecule has 3 aromatic carbocycles. The fourth-order valence-electron chi connectivity index (χ4n) is 4.55. The summed E-state index contributed by atoms with van der Waals surface area (Å²) >= 11 is 7.85. The van der Waals surface area contributed by atoms with Gasteiger partial charge in [0, 0.05) is 55.7 Å². The summed E-state index contributed by atoms with van der Waals surface area (Å²) in [5.41, 5.74) is 1.34. The van der Waals surface area contributed by atoms with Gasteiger partial charge in [-0.1, -0.05) is 42.4 Å². The number of fused-ring (bicyclic) bond motifs is 2. The number of carbonyl (C=O) groups excluding carboxylic acids is 1. The fraction of sp³-hybridized carbons (Fsp3) is 0.231. The first-order valence-corrected chi connectivity index (χ1v) is 12.4. The Labute approximate surface area is 210 Å². The van der Waals surface area contributed by atoms with Crippen LogP contribution >= 0.6 is 23.1 Å². The fourth-order valence-corrected chi connectivity index (χ4v) is 5.76. The lowest BCUT2D eigenvalue weighted by molar-refractivity contribution is -0.127. The summed E-state index contributed by atoms with van der Waals surface area (Å²) in [6, 6.07) is 12.3. The zero-order chi connectivity index (χ0) is 24.7. The Hall–Kier alpha value is -3.20. The van der Waals surface area contributed by atoms with Gasteiger partial charge in [0.15, 0.2) is 5.82 Å². The number of phenols is 1. The molecular weight excluding hydrogens is 489 g/mol. The summed E-state index contributed by atoms with van der Waals surface area (Å²) in [4.78, 5) is 16.3. The second-order valence-electron chi connectivity index (χ2n) is 8.50. The number of aliphatic hydroxyl groups is 1. The second kappa shape index (κ2) is 9.45. The standard InChI is InChI=1S/C26H23ClFN3O3S/c1-15(6-11-32)25(34)30-7-9-31(10-8-30)26-20-14-21(27)22(23(28)24(20)29-35-26)19-13-17(33)12-16-4-2-3-5-18(16)19/h2-5,12-14,32-33H,1,6-11H2. The molecule has 0 bridgehead atoms. The van der Waals surface area contributed by atoms with Crippen LogP contribution < -0.4 is 4.90 Å². The van der Waals surface area contributed by atoms with Gasteiger partial charge in [-0.05, 0) is 46.1 Å². The van der Waals surface area contributed by atoms with Crippen LogP contribution in [0.15, 0.2) is 54.6 Å². The molecule has 0 aliphatic carbocycles. The van der Waals surface area contributed by atoms with Gasteiger partial charge in [0.05, 0.1) is 5.02 Å². The Morgan fingerprint density at radius 1 is 1.14 bits per heavy atom. The van der Waals surface area contributed by atoms with Crippen LogP contribution in [0.3, 0.4) is 0 Å². The van der Waals surface area contributed by atoms with Crippen LogP contribution in [0.4, 0.5) is 9.39 Å². The quantitative estimate of drug-likeness (QED) is 0.360. The monoisotopic (exact) mass is 511 g/mol. The van der Waals surface area contributed by atoms with Gasteiger partial charge in [-0.25, -0.2) is 4.39 Å². The summed E-state index contributed by atoms with van der Waals surface area (Å²) in [5, 5.41) is 22.5. The topological polar surface area (TPSA) is 76.9 Å². The molecule has 1 aliphatic heterocycles. The van der Waals surface area contributed by atoms with E-state index in [2.05, 4.69) is 15.9 Å². The van der Waals surface area contributed by atoms with E-state index < -0.39 is 5.82 Å². The number of aromatic hydroxyl groups is 1. The number of rotatable bonds is 5. The molecule has 0 spiro atoms. The molecule has 5 rings (SSSR count). The molecule has 35 heavy (non-hydrogen) atoms. The molecule has 1 aromatic heterocycles. The van der Waals surface area contributed by atoms with E-state index in [0.717, 1.165) is 15.8 Å². The SMILES string of the molecule is C=C(CCO)C(=O)N1CCN(c2snc3c(F)c(-c4cc(O)cc5ccccc45)c(Cl)cc23)CC1. The number of aliphatic hydroxyl groups excluding tert-OH is 1. The lowest BCUT2D eigenvalue weighted by Crippen LogP contribution is -2.49. The molecule has 2 heterocycles. The van der Waals surface area contributed by atoms with Gasteiger partial charge in [0.1, 0.15) is 16.3 Å². The summed E-state index contributed by atoms with van der Waals surface area (Å²) in [7, 11) is 0. The Balaban J connectivity index is 1.48. The zero-order valence-corrected chi connectivity index (χ0v) is 20.4. The first-order chi connectivity index (χ1) is 16.9. The minimum Gasteiger partial charge on any atom is -0.508 e. The van der Waals surface area contributed by atoms with Crippen LogP contribution in [-0.2, 0) is 4.79 Å². The molecule has 4 aromatic rings. The number of nitrogens with zero attached hydrogens (tertiary/aromatic N) is 3. The average Bonchev–Trinajstić information content (AvgIpc) is 3.27. The molecule has 0 atom stereocenters. The summed E-state index contributed by atoms with van der Waals surface area (Å²) < 4.78 is 20.3. The van der Waals surface area contributed by atoms with Crippen molar-refractivity contribution < 1.29 is 19.4 Å². The number of anilines is 1. The highest BCUT2D eigenvalue weighted by molar-refractivity contribution is 7.11. The molecule has 1 amide bonds. The number of carbonyl (C=O) groups is 1. The molecule has 9 heteroatoms. The predicted molar refractivity (Wildman–Crippen MR) is 139 cm³/mol. The van der Waals surface area contributed by atoms with Crippen molar-refractivity contribution in [3.63, 3.8) is 0 Å². The Morgan fingerprint density at radius 2 is 1.89 bits per heavy atom. The summed E-state index contributed by atoms with van der Waals surface area (Å²) in [6.07, 6.45) is 0.257. The highest BCUT2D eigenvalue weighted by Crippen LogP contribution is 2.43. The second-order valence-corrected chi connectivity index (χ2v) is 9.66. The van der Waals surface area contributed by atoms with Crippen LogP contribution in [-0.4, -0.2) is 58.2 Å². The minimum atomic E-state index is -0.528. The lowest BCUT2D eigenvalue weighted by atomic mass is 9.96. The van der Waals surface area contributed by atoms with E-state index in [1.165, 1.54) is 17.6 Å². The molecule has 6 nitrogen and oxygen atoms in total. The van der Waals surface area contributed by atoms with Gasteiger partial charge < -0.3 is 20.0 Å². The van der Waals surface area contributed by atoms with Crippen LogP contribution in [0.25, 0.3) is 32.8 Å². The van der Waals surface area contributed by atoms with Crippen molar-refractivity contribution in [3.05, 3.63) is 65.5 Å². The van der Waals surface area contributed by atoms with E-state index in [1.807, 2.05) is 24.3 Å². The van der Waals surface area contributed by atoms with Crippen LogP contribution in [0.5, 0.6) is 5.75 Å². The van der Waals surface area contributed by atoms with Gasteiger partial charge >= 0.3 is 0 Å². The largest absolute Gasteiger partial charge is 0.508 e. The maximum Gasteiger partial charge on any atom is 0.249 e. The third kappa shape index (κ3) is 4.22. The highest BCUT2D eigenvalue weighted by atomic mass is 35.5. The average molecular weight is 512 g/mol. The molecule has 0 radical (unpaired) electrons. The molecule has 180 valence electrons. The lowest BCUT2D eigenvalue weighted by Gasteiger charge is -2.35. The van der Waals surface area contributed by atoms with Crippen LogP contribution in [0.1, 0.15) is 6.42 Å². The maximum absolute atomic E-state index is 15.9. The zero-order valence-electron chi connectivity index (χ0n) is 18.8. The number of halogens is 2. The van der Waals surface area contributed by atoms with Crippen molar-refractivity contribution in [1.82, 2.24) is 9.27 Å². The van der Waals surface area contributed by atoms with Crippen molar-refractivity contribution in [1.29, 1.82) is 0 Å². The first kappa shape index (κ1) is 23.5. The maximum atomic E-state index is 15.9. The molecule has 1 saturated heterocycles. The van der Waals surface area contributed by atoms with Gasteiger partial charge in [0.2, 0.25) is 5.91 Å². The normalized spacial score (nSPS) is 14.1. The number of amides is 1. The third-order valence-corrected chi connectivity index (χ3v) is 7.56. The number of hydrogen-bond acceptors (Lipinski definition) is 6. The van der Waals surface area contributed by atoms with Gasteiger partial charge in [0.25, 0.3) is 0 Å². The number of piperazine rings is 1. The summed E-state index contributed by atoms with van der Waals surface area (Å²) in [6.45, 7) is 5.77. The number of aromatic nitrogens is 1. The van der Waals surface area contributed by atoms with E-state index in [1.54, 1.807) is 17.0 Å². The van der Waals surface area contributed by atoms with E-state index in [4.69, 9.17) is 16.7 Å². The molecule has 1 aliphatic rings. The number of phenolic OH excluding ortho intramolecular Hbond substituents is 1. The number of hydrogen-bond donors (Lipinski definition) is 2. The molecule has 1 fully saturated rings. The van der Waals surface area contributed by atoms with E-state index in [0.29, 0.717) is 42.7 Å². The van der Waals surface area contributed by atoms with Crippen LogP contribution in [0, 0.1) is 5.82 Å². The van der Waals surface area contributed by atoms with Gasteiger partial charge in [-0.15, -0.1) is 0 Å². The van der Waals surface area contributed by atoms with Crippen molar-refractivity contribution in [3.8, 4) is 16.9 Å². The molecule has 2 N–H and O–H groups in total. The Morgan fingerprint density at radius 3 is 2.63 bits per heavy atom. The van der Waals surface area contributed by atoms with E-state index in [-0.39, 0.29) is 40.8 Å². The van der Waals surface area contributed by atoms with Gasteiger partial charge in [-0.3, -0.25) is 4.79 Å². The molecule has 0 unspecified atom stereocenters. The highest BCUT2D eigenvalue weighted by Gasteiger charge is 2.27.